The van der Waals surface area contributed by atoms with Gasteiger partial charge in [0, 0.05) is 10.0 Å². The van der Waals surface area contributed by atoms with Crippen LogP contribution in [0.25, 0.3) is 0 Å². The van der Waals surface area contributed by atoms with Crippen molar-refractivity contribution in [1.82, 2.24) is 4.83 Å². The molecule has 0 saturated carbocycles. The number of aryl methyl sites for hydroxylation is 1. The highest BCUT2D eigenvalue weighted by Crippen LogP contribution is 2.36. The number of sulfonamides is 1. The number of hydrogen-bond acceptors (Lipinski definition) is 5. The number of nitrogens with one attached hydrogen (secondary N) is 1. The molecule has 0 aliphatic carbocycles. The summed E-state index contributed by atoms with van der Waals surface area (Å²) in [7, 11) is -3.69. The van der Waals surface area contributed by atoms with E-state index in [0.717, 1.165) is 10.0 Å². The average molecular weight is 397 g/mol. The van der Waals surface area contributed by atoms with Crippen molar-refractivity contribution in [1.29, 1.82) is 0 Å². The molecular formula is C15H13BrN2O4S. The van der Waals surface area contributed by atoms with E-state index in [-0.39, 0.29) is 11.7 Å². The smallest absolute Gasteiger partial charge is 0.276 e. The molecule has 0 unspecified atom stereocenters. The molecule has 23 heavy (non-hydrogen) atoms. The van der Waals surface area contributed by atoms with Crippen molar-refractivity contribution in [3.05, 3.63) is 52.0 Å². The van der Waals surface area contributed by atoms with Crippen LogP contribution >= 0.6 is 15.9 Å². The van der Waals surface area contributed by atoms with Gasteiger partial charge in [-0.15, -0.1) is 0 Å². The molecule has 2 aromatic carbocycles. The summed E-state index contributed by atoms with van der Waals surface area (Å²) in [5.74, 6) is 1.23. The van der Waals surface area contributed by atoms with Crippen LogP contribution in [0, 0.1) is 6.92 Å². The number of hydrogen-bond donors (Lipinski definition) is 1. The molecule has 2 aromatic rings. The number of fused-ring (bicyclic) bond motifs is 1. The molecule has 1 aliphatic rings. The van der Waals surface area contributed by atoms with E-state index >= 15 is 0 Å². The van der Waals surface area contributed by atoms with Crippen molar-refractivity contribution < 1.29 is 17.9 Å². The fourth-order valence-electron chi connectivity index (χ4n) is 1.97. The van der Waals surface area contributed by atoms with Crippen molar-refractivity contribution in [3.8, 4) is 11.5 Å². The average Bonchev–Trinajstić information content (AvgIpc) is 2.95. The Morgan fingerprint density at radius 1 is 1.17 bits per heavy atom. The van der Waals surface area contributed by atoms with Gasteiger partial charge in [0.05, 0.1) is 11.1 Å². The molecule has 1 aliphatic heterocycles. The normalized spacial score (nSPS) is 13.5. The van der Waals surface area contributed by atoms with E-state index in [1.54, 1.807) is 24.3 Å². The minimum absolute atomic E-state index is 0.157. The van der Waals surface area contributed by atoms with E-state index in [1.165, 1.54) is 18.3 Å². The topological polar surface area (TPSA) is 77.0 Å². The molecule has 3 rings (SSSR count). The van der Waals surface area contributed by atoms with Crippen LogP contribution in [0.4, 0.5) is 0 Å². The first-order valence-corrected chi connectivity index (χ1v) is 8.94. The van der Waals surface area contributed by atoms with Crippen LogP contribution < -0.4 is 14.3 Å². The molecule has 0 saturated heterocycles. The summed E-state index contributed by atoms with van der Waals surface area (Å²) in [5.41, 5.74) is 1.65. The van der Waals surface area contributed by atoms with Gasteiger partial charge >= 0.3 is 0 Å². The monoisotopic (exact) mass is 396 g/mol. The van der Waals surface area contributed by atoms with E-state index in [2.05, 4.69) is 25.9 Å². The lowest BCUT2D eigenvalue weighted by Gasteiger charge is -2.04. The second kappa shape index (κ2) is 6.21. The SMILES string of the molecule is Cc1ccc(S(=O)(=O)N/N=C/c2cc3c(cc2Br)OCO3)cc1. The quantitative estimate of drug-likeness (QED) is 0.636. The highest BCUT2D eigenvalue weighted by atomic mass is 79.9. The maximum absolute atomic E-state index is 12.1. The first kappa shape index (κ1) is 15.8. The van der Waals surface area contributed by atoms with Gasteiger partial charge in [-0.05, 0) is 47.1 Å². The van der Waals surface area contributed by atoms with Crippen LogP contribution in [0.5, 0.6) is 11.5 Å². The Bertz CT molecular complexity index is 864. The lowest BCUT2D eigenvalue weighted by Crippen LogP contribution is -2.18. The molecule has 0 bridgehead atoms. The van der Waals surface area contributed by atoms with Gasteiger partial charge in [-0.25, -0.2) is 4.83 Å². The van der Waals surface area contributed by atoms with Crippen LogP contribution in [0.1, 0.15) is 11.1 Å². The van der Waals surface area contributed by atoms with Crippen LogP contribution in [0.15, 0.2) is 50.9 Å². The fraction of sp³-hybridized carbons (Fsp3) is 0.133. The maximum Gasteiger partial charge on any atom is 0.276 e. The van der Waals surface area contributed by atoms with E-state index < -0.39 is 10.0 Å². The minimum Gasteiger partial charge on any atom is -0.454 e. The number of rotatable bonds is 4. The van der Waals surface area contributed by atoms with Gasteiger partial charge in [0.2, 0.25) is 6.79 Å². The zero-order valence-electron chi connectivity index (χ0n) is 12.1. The van der Waals surface area contributed by atoms with Crippen molar-refractivity contribution in [3.63, 3.8) is 0 Å². The van der Waals surface area contributed by atoms with Gasteiger partial charge in [-0.1, -0.05) is 17.7 Å². The summed E-state index contributed by atoms with van der Waals surface area (Å²) >= 11 is 3.38. The predicted molar refractivity (Wildman–Crippen MR) is 89.4 cm³/mol. The second-order valence-corrected chi connectivity index (χ2v) is 7.41. The van der Waals surface area contributed by atoms with E-state index in [9.17, 15) is 8.42 Å². The van der Waals surface area contributed by atoms with Gasteiger partial charge in [0.25, 0.3) is 10.0 Å². The predicted octanol–water partition coefficient (Wildman–Crippen LogP) is 2.80. The largest absolute Gasteiger partial charge is 0.454 e. The zero-order chi connectivity index (χ0) is 16.4. The van der Waals surface area contributed by atoms with E-state index in [1.807, 2.05) is 6.92 Å². The molecule has 120 valence electrons. The molecule has 0 fully saturated rings. The molecule has 0 spiro atoms. The number of hydrazone groups is 1. The second-order valence-electron chi connectivity index (χ2n) is 4.89. The summed E-state index contributed by atoms with van der Waals surface area (Å²) in [5, 5.41) is 3.81. The summed E-state index contributed by atoms with van der Waals surface area (Å²) in [4.78, 5) is 2.34. The van der Waals surface area contributed by atoms with Crippen LogP contribution in [-0.4, -0.2) is 21.4 Å². The maximum atomic E-state index is 12.1. The third-order valence-electron chi connectivity index (χ3n) is 3.20. The molecule has 1 heterocycles. The van der Waals surface area contributed by atoms with Crippen LogP contribution in [0.2, 0.25) is 0 Å². The Labute approximate surface area is 142 Å². The van der Waals surface area contributed by atoms with Gasteiger partial charge in [-0.3, -0.25) is 0 Å². The third kappa shape index (κ3) is 3.48. The Morgan fingerprint density at radius 2 is 1.83 bits per heavy atom. The van der Waals surface area contributed by atoms with Gasteiger partial charge in [-0.2, -0.15) is 13.5 Å². The first-order valence-electron chi connectivity index (χ1n) is 6.66. The zero-order valence-corrected chi connectivity index (χ0v) is 14.5. The number of halogens is 1. The fourth-order valence-corrected chi connectivity index (χ4v) is 3.18. The molecule has 0 radical (unpaired) electrons. The summed E-state index contributed by atoms with van der Waals surface area (Å²) < 4.78 is 35.5. The molecule has 0 amide bonds. The Hall–Kier alpha value is -2.06. The first-order chi connectivity index (χ1) is 11.0. The Balaban J connectivity index is 1.77. The number of benzene rings is 2. The van der Waals surface area contributed by atoms with Crippen molar-refractivity contribution >= 4 is 32.2 Å². The van der Waals surface area contributed by atoms with Crippen LogP contribution in [-0.2, 0) is 10.0 Å². The van der Waals surface area contributed by atoms with Crippen molar-refractivity contribution in [2.75, 3.05) is 6.79 Å². The molecule has 1 N–H and O–H groups in total. The molecule has 0 atom stereocenters. The van der Waals surface area contributed by atoms with Crippen molar-refractivity contribution in [2.45, 2.75) is 11.8 Å². The highest BCUT2D eigenvalue weighted by molar-refractivity contribution is 9.10. The van der Waals surface area contributed by atoms with Gasteiger partial charge in [0.1, 0.15) is 0 Å². The highest BCUT2D eigenvalue weighted by Gasteiger charge is 2.16. The van der Waals surface area contributed by atoms with E-state index in [4.69, 9.17) is 9.47 Å². The summed E-state index contributed by atoms with van der Waals surface area (Å²) in [6, 6.07) is 9.99. The van der Waals surface area contributed by atoms with Gasteiger partial charge < -0.3 is 9.47 Å². The van der Waals surface area contributed by atoms with E-state index in [0.29, 0.717) is 17.1 Å². The van der Waals surface area contributed by atoms with Crippen LogP contribution in [0.3, 0.4) is 0 Å². The lowest BCUT2D eigenvalue weighted by molar-refractivity contribution is 0.174. The molecule has 0 aromatic heterocycles. The number of nitrogens with zero attached hydrogens (tertiary/aromatic N) is 1. The molecule has 8 heteroatoms. The lowest BCUT2D eigenvalue weighted by atomic mass is 10.2. The third-order valence-corrected chi connectivity index (χ3v) is 5.12. The Morgan fingerprint density at radius 3 is 2.52 bits per heavy atom. The Kier molecular flexibility index (Phi) is 4.27. The molecular weight excluding hydrogens is 384 g/mol. The molecule has 6 nitrogen and oxygen atoms in total. The minimum atomic E-state index is -3.69. The standard InChI is InChI=1S/C15H13BrN2O4S/c1-10-2-4-12(5-3-10)23(19,20)18-17-8-11-6-14-15(7-13(11)16)22-9-21-14/h2-8,18H,9H2,1H3/b17-8+. The van der Waals surface area contributed by atoms with Gasteiger partial charge in [0.15, 0.2) is 11.5 Å². The van der Waals surface area contributed by atoms with Crippen molar-refractivity contribution in [2.24, 2.45) is 5.10 Å². The summed E-state index contributed by atoms with van der Waals surface area (Å²) in [6.45, 7) is 2.06. The number of ether oxygens (including phenoxy) is 2. The summed E-state index contributed by atoms with van der Waals surface area (Å²) in [6.07, 6.45) is 1.40.